The molecule has 3 aromatic rings. The molecule has 1 amide bonds. The number of furan rings is 1. The number of thiazole rings is 1. The standard InChI is InChI=1S/C23H20N2O7S/c1-11-8-9-15(32-11)17-16(18(26)13-6-5-7-14(10-13)30-3)19(27)21(28)25(17)23-24-12(2)20(33-23)22(29)31-4/h5-10,17,26H,1-4H3. The zero-order valence-corrected chi connectivity index (χ0v) is 19.1. The van der Waals surface area contributed by atoms with Crippen molar-refractivity contribution in [2.75, 3.05) is 19.1 Å². The molecule has 0 aliphatic carbocycles. The van der Waals surface area contributed by atoms with Gasteiger partial charge in [-0.05, 0) is 38.1 Å². The third-order valence-corrected chi connectivity index (χ3v) is 6.32. The van der Waals surface area contributed by atoms with Gasteiger partial charge >= 0.3 is 11.9 Å². The van der Waals surface area contributed by atoms with Crippen LogP contribution in [0.5, 0.6) is 5.75 Å². The molecule has 9 nitrogen and oxygen atoms in total. The number of carbonyl (C=O) groups excluding carboxylic acids is 3. The lowest BCUT2D eigenvalue weighted by Gasteiger charge is -2.20. The van der Waals surface area contributed by atoms with Crippen molar-refractivity contribution in [3.05, 3.63) is 69.6 Å². The summed E-state index contributed by atoms with van der Waals surface area (Å²) in [6, 6.07) is 8.72. The van der Waals surface area contributed by atoms with Crippen molar-refractivity contribution in [1.29, 1.82) is 0 Å². The van der Waals surface area contributed by atoms with Crippen molar-refractivity contribution in [2.24, 2.45) is 0 Å². The van der Waals surface area contributed by atoms with Crippen molar-refractivity contribution >= 4 is 39.9 Å². The first-order valence-corrected chi connectivity index (χ1v) is 10.7. The molecule has 2 aromatic heterocycles. The van der Waals surface area contributed by atoms with E-state index in [0.717, 1.165) is 16.2 Å². The van der Waals surface area contributed by atoms with Gasteiger partial charge in [-0.25, -0.2) is 9.78 Å². The highest BCUT2D eigenvalue weighted by atomic mass is 32.1. The highest BCUT2D eigenvalue weighted by Crippen LogP contribution is 2.44. The van der Waals surface area contributed by atoms with E-state index in [2.05, 4.69) is 4.98 Å². The van der Waals surface area contributed by atoms with Gasteiger partial charge in [-0.3, -0.25) is 14.5 Å². The Morgan fingerprint density at radius 2 is 1.94 bits per heavy atom. The lowest BCUT2D eigenvalue weighted by atomic mass is 9.99. The Bertz CT molecular complexity index is 1300. The fourth-order valence-corrected chi connectivity index (χ4v) is 4.60. The van der Waals surface area contributed by atoms with Crippen LogP contribution in [-0.4, -0.2) is 42.0 Å². The summed E-state index contributed by atoms with van der Waals surface area (Å²) in [5.74, 6) is -1.49. The number of rotatable bonds is 5. The fraction of sp³-hybridized carbons (Fsp3) is 0.217. The predicted molar refractivity (Wildman–Crippen MR) is 119 cm³/mol. The number of carbonyl (C=O) groups is 3. The summed E-state index contributed by atoms with van der Waals surface area (Å²) in [6.07, 6.45) is 0. The topological polar surface area (TPSA) is 119 Å². The van der Waals surface area contributed by atoms with E-state index in [1.807, 2.05) is 0 Å². The summed E-state index contributed by atoms with van der Waals surface area (Å²) in [5.41, 5.74) is 0.493. The minimum Gasteiger partial charge on any atom is -0.507 e. The molecule has 1 aromatic carbocycles. The summed E-state index contributed by atoms with van der Waals surface area (Å²) in [7, 11) is 2.72. The fourth-order valence-electron chi connectivity index (χ4n) is 3.59. The largest absolute Gasteiger partial charge is 0.507 e. The molecule has 33 heavy (non-hydrogen) atoms. The molecule has 170 valence electrons. The van der Waals surface area contributed by atoms with Crippen LogP contribution in [0.4, 0.5) is 5.13 Å². The van der Waals surface area contributed by atoms with Gasteiger partial charge in [0.1, 0.15) is 33.9 Å². The summed E-state index contributed by atoms with van der Waals surface area (Å²) in [6.45, 7) is 3.33. The van der Waals surface area contributed by atoms with Crippen molar-refractivity contribution in [1.82, 2.24) is 4.98 Å². The van der Waals surface area contributed by atoms with E-state index in [4.69, 9.17) is 13.9 Å². The molecular weight excluding hydrogens is 448 g/mol. The zero-order chi connectivity index (χ0) is 23.9. The molecule has 1 unspecified atom stereocenters. The number of amides is 1. The average Bonchev–Trinajstić information content (AvgIpc) is 3.48. The maximum absolute atomic E-state index is 13.1. The highest BCUT2D eigenvalue weighted by Gasteiger charge is 2.50. The van der Waals surface area contributed by atoms with E-state index in [9.17, 15) is 19.5 Å². The van der Waals surface area contributed by atoms with Gasteiger partial charge in [0.15, 0.2) is 5.13 Å². The molecule has 0 bridgehead atoms. The maximum atomic E-state index is 13.1. The van der Waals surface area contributed by atoms with Gasteiger partial charge < -0.3 is 19.0 Å². The summed E-state index contributed by atoms with van der Waals surface area (Å²) >= 11 is 0.917. The van der Waals surface area contributed by atoms with Crippen molar-refractivity contribution in [3.63, 3.8) is 0 Å². The SMILES string of the molecule is COC(=O)c1sc(N2C(=O)C(=O)C(=C(O)c3cccc(OC)c3)C2c2ccc(C)o2)nc1C. The molecule has 0 radical (unpaired) electrons. The minimum atomic E-state index is -1.08. The number of methoxy groups -OCH3 is 2. The van der Waals surface area contributed by atoms with E-state index in [1.165, 1.54) is 14.2 Å². The molecular formula is C23H20N2O7S. The zero-order valence-electron chi connectivity index (χ0n) is 18.2. The Labute approximate surface area is 192 Å². The third-order valence-electron chi connectivity index (χ3n) is 5.18. The first-order chi connectivity index (χ1) is 15.8. The van der Waals surface area contributed by atoms with Gasteiger partial charge in [-0.1, -0.05) is 23.5 Å². The summed E-state index contributed by atoms with van der Waals surface area (Å²) in [4.78, 5) is 44.0. The quantitative estimate of drug-likeness (QED) is 0.260. The van der Waals surface area contributed by atoms with E-state index in [-0.39, 0.29) is 27.1 Å². The first kappa shape index (κ1) is 22.3. The van der Waals surface area contributed by atoms with E-state index < -0.39 is 23.7 Å². The molecule has 4 rings (SSSR count). The number of anilines is 1. The molecule has 0 spiro atoms. The van der Waals surface area contributed by atoms with Crippen LogP contribution in [0.2, 0.25) is 0 Å². The molecule has 1 saturated heterocycles. The van der Waals surface area contributed by atoms with Crippen LogP contribution < -0.4 is 9.64 Å². The number of hydrogen-bond donors (Lipinski definition) is 1. The monoisotopic (exact) mass is 468 g/mol. The predicted octanol–water partition coefficient (Wildman–Crippen LogP) is 3.77. The molecule has 0 saturated carbocycles. The average molecular weight is 468 g/mol. The van der Waals surface area contributed by atoms with Gasteiger partial charge in [0.05, 0.1) is 25.5 Å². The summed E-state index contributed by atoms with van der Waals surface area (Å²) in [5, 5.41) is 11.2. The number of esters is 1. The number of ether oxygens (including phenoxy) is 2. The summed E-state index contributed by atoms with van der Waals surface area (Å²) < 4.78 is 15.7. The van der Waals surface area contributed by atoms with Crippen molar-refractivity contribution in [2.45, 2.75) is 19.9 Å². The van der Waals surface area contributed by atoms with Crippen LogP contribution in [0.15, 0.2) is 46.4 Å². The Morgan fingerprint density at radius 3 is 2.58 bits per heavy atom. The van der Waals surface area contributed by atoms with Crippen molar-refractivity contribution in [3.8, 4) is 5.75 Å². The van der Waals surface area contributed by atoms with Gasteiger partial charge in [-0.15, -0.1) is 0 Å². The number of aryl methyl sites for hydroxylation is 2. The first-order valence-electron chi connectivity index (χ1n) is 9.84. The number of aromatic nitrogens is 1. The molecule has 1 N–H and O–H groups in total. The van der Waals surface area contributed by atoms with E-state index >= 15 is 0 Å². The molecule has 1 aliphatic heterocycles. The Morgan fingerprint density at radius 1 is 1.18 bits per heavy atom. The smallest absolute Gasteiger partial charge is 0.350 e. The van der Waals surface area contributed by atoms with Crippen LogP contribution in [0.25, 0.3) is 5.76 Å². The number of hydrogen-bond acceptors (Lipinski definition) is 9. The number of aliphatic hydroxyl groups is 1. The van der Waals surface area contributed by atoms with E-state index in [1.54, 1.807) is 50.2 Å². The second-order valence-electron chi connectivity index (χ2n) is 7.25. The van der Waals surface area contributed by atoms with Gasteiger partial charge in [0, 0.05) is 5.56 Å². The normalized spacial score (nSPS) is 17.5. The second-order valence-corrected chi connectivity index (χ2v) is 8.23. The number of ketones is 1. The maximum Gasteiger partial charge on any atom is 0.350 e. The van der Waals surface area contributed by atoms with Crippen molar-refractivity contribution < 1.29 is 33.4 Å². The number of aliphatic hydroxyl groups excluding tert-OH is 1. The van der Waals surface area contributed by atoms with Crippen LogP contribution in [-0.2, 0) is 14.3 Å². The lowest BCUT2D eigenvalue weighted by Crippen LogP contribution is -2.29. The molecule has 3 heterocycles. The third kappa shape index (κ3) is 3.78. The molecule has 10 heteroatoms. The highest BCUT2D eigenvalue weighted by molar-refractivity contribution is 7.17. The Kier molecular flexibility index (Phi) is 5.77. The second kappa shape index (κ2) is 8.55. The molecule has 1 aliphatic rings. The van der Waals surface area contributed by atoms with Gasteiger partial charge in [0.2, 0.25) is 0 Å². The number of nitrogens with zero attached hydrogens (tertiary/aromatic N) is 2. The minimum absolute atomic E-state index is 0.110. The van der Waals surface area contributed by atoms with Gasteiger partial charge in [-0.2, -0.15) is 0 Å². The Balaban J connectivity index is 1.92. The van der Waals surface area contributed by atoms with E-state index in [0.29, 0.717) is 22.8 Å². The van der Waals surface area contributed by atoms with Crippen LogP contribution in [0.1, 0.15) is 38.5 Å². The molecule has 1 fully saturated rings. The van der Waals surface area contributed by atoms with Crippen LogP contribution in [0.3, 0.4) is 0 Å². The number of Topliss-reactive ketones (excluding diaryl/α,β-unsaturated/α-hetero) is 1. The van der Waals surface area contributed by atoms with Crippen LogP contribution in [0, 0.1) is 13.8 Å². The van der Waals surface area contributed by atoms with Crippen LogP contribution >= 0.6 is 11.3 Å². The number of benzene rings is 1. The lowest BCUT2D eigenvalue weighted by molar-refractivity contribution is -0.132. The molecule has 1 atom stereocenters. The Hall–Kier alpha value is -3.92. The van der Waals surface area contributed by atoms with Gasteiger partial charge in [0.25, 0.3) is 5.78 Å².